The average Bonchev–Trinajstić information content (AvgIpc) is 3.51. The largest absolute Gasteiger partial charge is 0.462 e. The first-order valence-corrected chi connectivity index (χ1v) is 34.3. The van der Waals surface area contributed by atoms with Gasteiger partial charge in [0.2, 0.25) is 0 Å². The van der Waals surface area contributed by atoms with Gasteiger partial charge in [-0.05, 0) is 135 Å². The maximum atomic E-state index is 12.4. The zero-order chi connectivity index (χ0) is 60.5. The van der Waals surface area contributed by atoms with Crippen LogP contribution in [0.5, 0.6) is 0 Å². The Morgan fingerprint density at radius 2 is 0.476 bits per heavy atom. The molecule has 0 fully saturated rings. The van der Waals surface area contributed by atoms with Crippen LogP contribution in [0.4, 0.5) is 0 Å². The number of ether oxygens (including phenoxy) is 2. The Bertz CT molecular complexity index is 1890. The maximum Gasteiger partial charge on any atom is 0.306 e. The van der Waals surface area contributed by atoms with Gasteiger partial charge in [-0.2, -0.15) is 0 Å². The van der Waals surface area contributed by atoms with E-state index in [1.54, 1.807) is 0 Å². The van der Waals surface area contributed by atoms with E-state index in [9.17, 15) is 14.7 Å². The number of aliphatic hydroxyl groups is 1. The first kappa shape index (κ1) is 79.0. The summed E-state index contributed by atoms with van der Waals surface area (Å²) in [7, 11) is 0. The Hall–Kier alpha value is -5.00. The molecule has 1 atom stereocenters. The van der Waals surface area contributed by atoms with Crippen molar-refractivity contribution in [2.24, 2.45) is 0 Å². The summed E-state index contributed by atoms with van der Waals surface area (Å²) < 4.78 is 10.7. The standard InChI is InChI=1S/C79H126O5/c1-3-5-7-9-11-13-15-17-19-21-23-25-27-29-31-33-35-36-37-38-39-40-41-42-44-46-48-50-52-54-56-58-60-62-64-66-68-70-72-74-79(82)84-77(75-80)76-83-78(81)73-71-69-67-65-63-61-59-57-55-53-51-49-47-45-43-34-32-30-28-26-24-22-20-18-16-14-12-10-8-6-4-2/h5-8,11-14,17-20,23-26,29-32,35-36,38-39,41-42,46,48,52,54,77,80H,3-4,9-10,15-16,21-22,27-28,33-34,37,40,43-45,47,49-51,53,55-76H2,1-2H3/b7-5-,8-6-,13-11-,14-12-,19-17-,20-18-,25-23-,26-24-,31-29-,32-30-,36-35-,39-38-,42-41-,48-46-,54-52-. The molecule has 0 aromatic rings. The van der Waals surface area contributed by atoms with Crippen LogP contribution in [0.15, 0.2) is 182 Å². The quantitative estimate of drug-likeness (QED) is 0.0373. The van der Waals surface area contributed by atoms with E-state index >= 15 is 0 Å². The summed E-state index contributed by atoms with van der Waals surface area (Å²) in [6.45, 7) is 3.91. The molecule has 1 N–H and O–H groups in total. The third-order valence-corrected chi connectivity index (χ3v) is 14.2. The van der Waals surface area contributed by atoms with E-state index in [1.165, 1.54) is 116 Å². The fourth-order valence-electron chi connectivity index (χ4n) is 9.14. The van der Waals surface area contributed by atoms with Gasteiger partial charge in [0.25, 0.3) is 0 Å². The summed E-state index contributed by atoms with van der Waals surface area (Å²) in [6.07, 6.45) is 113. The van der Waals surface area contributed by atoms with Crippen molar-refractivity contribution in [3.63, 3.8) is 0 Å². The van der Waals surface area contributed by atoms with E-state index in [0.717, 1.165) is 141 Å². The monoisotopic (exact) mass is 1150 g/mol. The highest BCUT2D eigenvalue weighted by Crippen LogP contribution is 2.16. The molecule has 0 spiro atoms. The van der Waals surface area contributed by atoms with Gasteiger partial charge in [-0.3, -0.25) is 9.59 Å². The number of aliphatic hydroxyl groups excluding tert-OH is 1. The Morgan fingerprint density at radius 3 is 0.714 bits per heavy atom. The van der Waals surface area contributed by atoms with E-state index in [2.05, 4.69) is 196 Å². The fraction of sp³-hybridized carbons (Fsp3) is 0.595. The molecule has 0 saturated carbocycles. The van der Waals surface area contributed by atoms with E-state index in [1.807, 2.05) is 0 Å². The summed E-state index contributed by atoms with van der Waals surface area (Å²) in [4.78, 5) is 24.7. The molecule has 0 bridgehead atoms. The van der Waals surface area contributed by atoms with Gasteiger partial charge in [-0.15, -0.1) is 0 Å². The number of rotatable bonds is 61. The molecule has 472 valence electrons. The number of carbonyl (C=O) groups excluding carboxylic acids is 2. The van der Waals surface area contributed by atoms with E-state index in [-0.39, 0.29) is 25.2 Å². The molecule has 0 aliphatic rings. The van der Waals surface area contributed by atoms with Crippen molar-refractivity contribution >= 4 is 11.9 Å². The zero-order valence-electron chi connectivity index (χ0n) is 54.1. The maximum absolute atomic E-state index is 12.4. The predicted molar refractivity (Wildman–Crippen MR) is 370 cm³/mol. The summed E-state index contributed by atoms with van der Waals surface area (Å²) in [5.41, 5.74) is 0. The summed E-state index contributed by atoms with van der Waals surface area (Å²) in [5, 5.41) is 9.70. The SMILES string of the molecule is CC/C=C\C/C=C\C/C=C\C/C=C\C/C=C\C/C=C\C/C=C\C/C=C\C/C=C\C/C=C\CCCCCCCCCCC(=O)OC(CO)COC(=O)CCCCCCCCCCCCCCCCC/C=C\C/C=C\C/C=C\C/C=C\C/C=C\CC. The molecule has 1 unspecified atom stereocenters. The summed E-state index contributed by atoms with van der Waals surface area (Å²) in [5.74, 6) is -0.605. The Labute approximate surface area is 518 Å². The molecule has 5 nitrogen and oxygen atoms in total. The minimum absolute atomic E-state index is 0.0784. The molecule has 5 heteroatoms. The first-order valence-electron chi connectivity index (χ1n) is 34.3. The summed E-state index contributed by atoms with van der Waals surface area (Å²) in [6, 6.07) is 0. The van der Waals surface area contributed by atoms with Gasteiger partial charge in [0, 0.05) is 12.8 Å². The van der Waals surface area contributed by atoms with Crippen molar-refractivity contribution in [1.82, 2.24) is 0 Å². The van der Waals surface area contributed by atoms with Crippen LogP contribution in [-0.4, -0.2) is 36.4 Å². The molecule has 0 rings (SSSR count). The van der Waals surface area contributed by atoms with Gasteiger partial charge in [-0.25, -0.2) is 0 Å². The molecule has 0 aromatic carbocycles. The number of unbranched alkanes of at least 4 members (excludes halogenated alkanes) is 23. The normalized spacial score (nSPS) is 13.4. The molecule has 0 radical (unpaired) electrons. The first-order chi connectivity index (χ1) is 41.6. The number of carbonyl (C=O) groups is 2. The van der Waals surface area contributed by atoms with Crippen LogP contribution >= 0.6 is 0 Å². The molecule has 0 heterocycles. The lowest BCUT2D eigenvalue weighted by Crippen LogP contribution is -2.28. The third-order valence-electron chi connectivity index (χ3n) is 14.2. The van der Waals surface area contributed by atoms with Gasteiger partial charge in [0.1, 0.15) is 6.61 Å². The zero-order valence-corrected chi connectivity index (χ0v) is 54.1. The van der Waals surface area contributed by atoms with Crippen LogP contribution in [0.25, 0.3) is 0 Å². The number of hydrogen-bond acceptors (Lipinski definition) is 5. The smallest absolute Gasteiger partial charge is 0.306 e. The van der Waals surface area contributed by atoms with Crippen LogP contribution in [0.3, 0.4) is 0 Å². The second kappa shape index (κ2) is 72.3. The lowest BCUT2D eigenvalue weighted by Gasteiger charge is -2.15. The number of hydrogen-bond donors (Lipinski definition) is 1. The number of esters is 2. The van der Waals surface area contributed by atoms with E-state index in [0.29, 0.717) is 12.8 Å². The van der Waals surface area contributed by atoms with Gasteiger partial charge in [0.05, 0.1) is 6.61 Å². The Balaban J connectivity index is 3.57. The van der Waals surface area contributed by atoms with Gasteiger partial charge < -0.3 is 14.6 Å². The Kier molecular flexibility index (Phi) is 68.0. The van der Waals surface area contributed by atoms with Crippen LogP contribution in [0, 0.1) is 0 Å². The van der Waals surface area contributed by atoms with E-state index in [4.69, 9.17) is 9.47 Å². The molecule has 0 saturated heterocycles. The molecule has 0 aromatic heterocycles. The van der Waals surface area contributed by atoms with Crippen molar-refractivity contribution in [3.8, 4) is 0 Å². The van der Waals surface area contributed by atoms with Crippen molar-refractivity contribution in [2.45, 2.75) is 290 Å². The van der Waals surface area contributed by atoms with Gasteiger partial charge in [-0.1, -0.05) is 318 Å². The average molecular weight is 1160 g/mol. The summed E-state index contributed by atoms with van der Waals surface area (Å²) >= 11 is 0. The van der Waals surface area contributed by atoms with Crippen molar-refractivity contribution in [1.29, 1.82) is 0 Å². The molecule has 0 aliphatic heterocycles. The fourth-order valence-corrected chi connectivity index (χ4v) is 9.14. The minimum Gasteiger partial charge on any atom is -0.462 e. The Morgan fingerprint density at radius 1 is 0.274 bits per heavy atom. The molecule has 84 heavy (non-hydrogen) atoms. The predicted octanol–water partition coefficient (Wildman–Crippen LogP) is 24.2. The van der Waals surface area contributed by atoms with Crippen molar-refractivity contribution in [3.05, 3.63) is 182 Å². The third kappa shape index (κ3) is 69.5. The molecule has 0 aliphatic carbocycles. The van der Waals surface area contributed by atoms with Crippen LogP contribution < -0.4 is 0 Å². The second-order valence-corrected chi connectivity index (χ2v) is 22.1. The second-order valence-electron chi connectivity index (χ2n) is 22.1. The minimum atomic E-state index is -0.791. The van der Waals surface area contributed by atoms with Crippen LogP contribution in [0.1, 0.15) is 284 Å². The van der Waals surface area contributed by atoms with Gasteiger partial charge in [0.15, 0.2) is 6.10 Å². The van der Waals surface area contributed by atoms with Gasteiger partial charge >= 0.3 is 11.9 Å². The topological polar surface area (TPSA) is 72.8 Å². The molecular weight excluding hydrogens is 1030 g/mol. The van der Waals surface area contributed by atoms with Crippen molar-refractivity contribution in [2.75, 3.05) is 13.2 Å². The number of allylic oxidation sites excluding steroid dienone is 30. The van der Waals surface area contributed by atoms with Crippen LogP contribution in [0.2, 0.25) is 0 Å². The lowest BCUT2D eigenvalue weighted by atomic mass is 10.0. The molecule has 0 amide bonds. The van der Waals surface area contributed by atoms with Crippen LogP contribution in [-0.2, 0) is 19.1 Å². The lowest BCUT2D eigenvalue weighted by molar-refractivity contribution is -0.161. The highest BCUT2D eigenvalue weighted by Gasteiger charge is 2.16. The van der Waals surface area contributed by atoms with Crippen molar-refractivity contribution < 1.29 is 24.2 Å². The van der Waals surface area contributed by atoms with E-state index < -0.39 is 6.10 Å². The molecular formula is C79H126O5. The highest BCUT2D eigenvalue weighted by molar-refractivity contribution is 5.70. The highest BCUT2D eigenvalue weighted by atomic mass is 16.6.